The van der Waals surface area contributed by atoms with Gasteiger partial charge in [0, 0.05) is 29.4 Å². The van der Waals surface area contributed by atoms with E-state index in [9.17, 15) is 0 Å². The molecule has 3 aromatic rings. The monoisotopic (exact) mass is 349 g/mol. The summed E-state index contributed by atoms with van der Waals surface area (Å²) < 4.78 is 0. The van der Waals surface area contributed by atoms with Gasteiger partial charge in [0.05, 0.1) is 11.7 Å². The lowest BCUT2D eigenvalue weighted by molar-refractivity contribution is 0.449. The number of hydrogen-bond acceptors (Lipinski definition) is 4. The molecule has 3 nitrogen and oxygen atoms in total. The van der Waals surface area contributed by atoms with Crippen molar-refractivity contribution in [2.45, 2.75) is 45.2 Å². The highest BCUT2D eigenvalue weighted by atomic mass is 32.1. The quantitative estimate of drug-likeness (QED) is 0.684. The predicted octanol–water partition coefficient (Wildman–Crippen LogP) is 5.41. The van der Waals surface area contributed by atoms with E-state index in [1.807, 2.05) is 24.5 Å². The second-order valence-electron chi connectivity index (χ2n) is 6.96. The highest BCUT2D eigenvalue weighted by Gasteiger charge is 2.30. The van der Waals surface area contributed by atoms with Crippen LogP contribution in [0.5, 0.6) is 0 Å². The van der Waals surface area contributed by atoms with Gasteiger partial charge >= 0.3 is 0 Å². The van der Waals surface area contributed by atoms with Crippen molar-refractivity contribution in [2.75, 3.05) is 0 Å². The van der Waals surface area contributed by atoms with E-state index in [0.717, 1.165) is 22.7 Å². The Morgan fingerprint density at radius 3 is 2.80 bits per heavy atom. The number of nitrogens with zero attached hydrogens (tertiary/aromatic N) is 2. The summed E-state index contributed by atoms with van der Waals surface area (Å²) in [6.07, 6.45) is 4.79. The molecule has 4 rings (SSSR count). The number of rotatable bonds is 4. The molecule has 0 saturated carbocycles. The Morgan fingerprint density at radius 2 is 2.00 bits per heavy atom. The first-order valence-electron chi connectivity index (χ1n) is 8.84. The fourth-order valence-corrected chi connectivity index (χ4v) is 4.80. The van der Waals surface area contributed by atoms with E-state index in [1.165, 1.54) is 16.7 Å². The molecule has 1 aliphatic rings. The largest absolute Gasteiger partial charge is 0.301 e. The molecule has 0 amide bonds. The predicted molar refractivity (Wildman–Crippen MR) is 104 cm³/mol. The number of hydrogen-bond donors (Lipinski definition) is 1. The van der Waals surface area contributed by atoms with Crippen LogP contribution < -0.4 is 5.32 Å². The second-order valence-corrected chi connectivity index (χ2v) is 7.85. The molecule has 1 N–H and O–H groups in total. The van der Waals surface area contributed by atoms with Crippen LogP contribution in [0, 0.1) is 6.92 Å². The van der Waals surface area contributed by atoms with Gasteiger partial charge in [-0.15, -0.1) is 11.3 Å². The van der Waals surface area contributed by atoms with Crippen LogP contribution in [0.2, 0.25) is 0 Å². The molecule has 1 aromatic carbocycles. The number of aryl methyl sites for hydroxylation is 1. The third-order valence-electron chi connectivity index (χ3n) is 5.13. The minimum absolute atomic E-state index is 0.240. The van der Waals surface area contributed by atoms with Crippen LogP contribution in [0.25, 0.3) is 11.3 Å². The van der Waals surface area contributed by atoms with E-state index in [4.69, 9.17) is 4.98 Å². The Hall–Kier alpha value is -2.04. The van der Waals surface area contributed by atoms with Crippen LogP contribution in [0.15, 0.2) is 48.1 Å². The van der Waals surface area contributed by atoms with Gasteiger partial charge in [-0.05, 0) is 55.0 Å². The first-order valence-corrected chi connectivity index (χ1v) is 9.72. The molecule has 3 atom stereocenters. The van der Waals surface area contributed by atoms with Crippen molar-refractivity contribution in [3.05, 3.63) is 69.8 Å². The van der Waals surface area contributed by atoms with Crippen molar-refractivity contribution < 1.29 is 0 Å². The van der Waals surface area contributed by atoms with Crippen LogP contribution >= 0.6 is 11.3 Å². The zero-order valence-electron chi connectivity index (χ0n) is 14.9. The first-order chi connectivity index (χ1) is 12.1. The Morgan fingerprint density at radius 1 is 1.20 bits per heavy atom. The summed E-state index contributed by atoms with van der Waals surface area (Å²) in [5, 5.41) is 7.09. The zero-order chi connectivity index (χ0) is 17.4. The molecular weight excluding hydrogens is 326 g/mol. The van der Waals surface area contributed by atoms with E-state index < -0.39 is 0 Å². The molecule has 0 spiro atoms. The lowest BCUT2D eigenvalue weighted by Gasteiger charge is -2.19. The molecule has 0 saturated heterocycles. The lowest BCUT2D eigenvalue weighted by Crippen LogP contribution is -2.23. The molecule has 1 aliphatic carbocycles. The highest BCUT2D eigenvalue weighted by molar-refractivity contribution is 7.10. The molecule has 128 valence electrons. The third kappa shape index (κ3) is 3.12. The molecular formula is C21H23N3S. The van der Waals surface area contributed by atoms with E-state index in [-0.39, 0.29) is 6.04 Å². The maximum atomic E-state index is 4.84. The van der Waals surface area contributed by atoms with Crippen molar-refractivity contribution in [3.63, 3.8) is 0 Å². The average molecular weight is 350 g/mol. The molecule has 3 unspecified atom stereocenters. The van der Waals surface area contributed by atoms with Gasteiger partial charge in [0.2, 0.25) is 0 Å². The Labute approximate surface area is 153 Å². The summed E-state index contributed by atoms with van der Waals surface area (Å²) in [6, 6.07) is 11.3. The molecule has 4 heteroatoms. The van der Waals surface area contributed by atoms with Crippen LogP contribution in [0.4, 0.5) is 0 Å². The van der Waals surface area contributed by atoms with Gasteiger partial charge < -0.3 is 5.32 Å². The van der Waals surface area contributed by atoms with Gasteiger partial charge in [-0.3, -0.25) is 4.98 Å². The average Bonchev–Trinajstić information content (AvgIpc) is 3.22. The smallest absolute Gasteiger partial charge is 0.110 e. The number of pyridine rings is 1. The number of nitrogens with one attached hydrogen (secondary N) is 1. The van der Waals surface area contributed by atoms with Gasteiger partial charge in [-0.25, -0.2) is 4.98 Å². The Kier molecular flexibility index (Phi) is 4.40. The normalized spacial score (nSPS) is 20.4. The van der Waals surface area contributed by atoms with Gasteiger partial charge in [-0.1, -0.05) is 25.1 Å². The summed E-state index contributed by atoms with van der Waals surface area (Å²) in [5.41, 5.74) is 6.57. The summed E-state index contributed by atoms with van der Waals surface area (Å²) in [6.45, 7) is 6.78. The Balaban J connectivity index is 1.53. The molecule has 25 heavy (non-hydrogen) atoms. The van der Waals surface area contributed by atoms with Crippen LogP contribution in [0.3, 0.4) is 0 Å². The zero-order valence-corrected chi connectivity index (χ0v) is 15.7. The van der Waals surface area contributed by atoms with E-state index in [2.05, 4.69) is 54.7 Å². The maximum absolute atomic E-state index is 4.84. The first kappa shape index (κ1) is 16.4. The fourth-order valence-electron chi connectivity index (χ4n) is 3.95. The van der Waals surface area contributed by atoms with Gasteiger partial charge in [0.25, 0.3) is 0 Å². The van der Waals surface area contributed by atoms with Crippen molar-refractivity contribution in [2.24, 2.45) is 0 Å². The van der Waals surface area contributed by atoms with E-state index in [0.29, 0.717) is 12.0 Å². The van der Waals surface area contributed by atoms with E-state index >= 15 is 0 Å². The van der Waals surface area contributed by atoms with E-state index in [1.54, 1.807) is 11.3 Å². The topological polar surface area (TPSA) is 37.8 Å². The summed E-state index contributed by atoms with van der Waals surface area (Å²) in [4.78, 5) is 8.92. The minimum atomic E-state index is 0.240. The standard InChI is InChI=1S/C21H23N3S/c1-13-5-4-6-17-18(11-14(2)20(13)17)23-15(3)21-24-19(12-25-21)16-7-9-22-10-8-16/h4-10,12,14-15,18,23H,11H2,1-3H3. The maximum Gasteiger partial charge on any atom is 0.110 e. The van der Waals surface area contributed by atoms with Crippen LogP contribution in [-0.2, 0) is 0 Å². The third-order valence-corrected chi connectivity index (χ3v) is 6.16. The fraction of sp³-hybridized carbons (Fsp3) is 0.333. The summed E-state index contributed by atoms with van der Waals surface area (Å²) >= 11 is 1.73. The Bertz CT molecular complexity index is 872. The SMILES string of the molecule is Cc1cccc2c1C(C)CC2NC(C)c1nc(-c2ccncc2)cs1. The molecule has 0 fully saturated rings. The summed E-state index contributed by atoms with van der Waals surface area (Å²) in [7, 11) is 0. The van der Waals surface area contributed by atoms with Crippen LogP contribution in [-0.4, -0.2) is 9.97 Å². The highest BCUT2D eigenvalue weighted by Crippen LogP contribution is 2.42. The number of benzene rings is 1. The molecule has 0 aliphatic heterocycles. The molecule has 2 heterocycles. The van der Waals surface area contributed by atoms with Crippen molar-refractivity contribution >= 4 is 11.3 Å². The lowest BCUT2D eigenvalue weighted by atomic mass is 9.98. The van der Waals surface area contributed by atoms with Crippen LogP contribution in [0.1, 0.15) is 60.0 Å². The van der Waals surface area contributed by atoms with Gasteiger partial charge in [0.1, 0.15) is 5.01 Å². The molecule has 0 bridgehead atoms. The second kappa shape index (κ2) is 6.70. The molecule has 0 radical (unpaired) electrons. The number of thiazole rings is 1. The minimum Gasteiger partial charge on any atom is -0.301 e. The number of aromatic nitrogens is 2. The number of fused-ring (bicyclic) bond motifs is 1. The van der Waals surface area contributed by atoms with Gasteiger partial charge in [-0.2, -0.15) is 0 Å². The summed E-state index contributed by atoms with van der Waals surface area (Å²) in [5.74, 6) is 0.615. The van der Waals surface area contributed by atoms with Crippen molar-refractivity contribution in [3.8, 4) is 11.3 Å². The van der Waals surface area contributed by atoms with Gasteiger partial charge in [0.15, 0.2) is 0 Å². The van der Waals surface area contributed by atoms with Crippen molar-refractivity contribution in [1.82, 2.24) is 15.3 Å². The molecule has 2 aromatic heterocycles. The van der Waals surface area contributed by atoms with Crippen molar-refractivity contribution in [1.29, 1.82) is 0 Å².